The highest BCUT2D eigenvalue weighted by atomic mass is 16.5. The summed E-state index contributed by atoms with van der Waals surface area (Å²) in [5, 5.41) is 0. The van der Waals surface area contributed by atoms with Gasteiger partial charge in [0.2, 0.25) is 11.8 Å². The molecule has 0 N–H and O–H groups in total. The number of rotatable bonds is 4. The van der Waals surface area contributed by atoms with Crippen LogP contribution in [0.25, 0.3) is 6.08 Å². The fraction of sp³-hybridized carbons (Fsp3) is 0.524. The molecule has 0 bridgehead atoms. The molecule has 2 aliphatic rings. The maximum Gasteiger partial charge on any atom is 0.246 e. The Kier molecular flexibility index (Phi) is 6.31. The van der Waals surface area contributed by atoms with Crippen LogP contribution < -0.4 is 4.74 Å². The molecule has 2 amide bonds. The lowest BCUT2D eigenvalue weighted by Gasteiger charge is -2.35. The van der Waals surface area contributed by atoms with Gasteiger partial charge in [-0.1, -0.05) is 12.1 Å². The largest absolute Gasteiger partial charge is 0.497 e. The summed E-state index contributed by atoms with van der Waals surface area (Å²) in [4.78, 5) is 28.9. The number of benzene rings is 1. The van der Waals surface area contributed by atoms with Gasteiger partial charge in [0.1, 0.15) is 5.75 Å². The van der Waals surface area contributed by atoms with Crippen molar-refractivity contribution in [3.63, 3.8) is 0 Å². The lowest BCUT2D eigenvalue weighted by molar-refractivity contribution is -0.140. The summed E-state index contributed by atoms with van der Waals surface area (Å²) >= 11 is 0. The zero-order chi connectivity index (χ0) is 18.4. The summed E-state index contributed by atoms with van der Waals surface area (Å²) in [6.07, 6.45) is 8.45. The van der Waals surface area contributed by atoms with Gasteiger partial charge < -0.3 is 14.5 Å². The number of methoxy groups -OCH3 is 1. The summed E-state index contributed by atoms with van der Waals surface area (Å²) in [5.74, 6) is 1.16. The molecule has 0 spiro atoms. The summed E-state index contributed by atoms with van der Waals surface area (Å²) in [5.41, 5.74) is 0.938. The first-order valence-corrected chi connectivity index (χ1v) is 9.57. The Morgan fingerprint density at radius 2 is 1.77 bits per heavy atom. The Hall–Kier alpha value is -2.30. The SMILES string of the molecule is COc1cccc(/C=C/C(=O)N2CCC(C(=O)N3CCCCC3)CC2)c1. The predicted molar refractivity (Wildman–Crippen MR) is 102 cm³/mol. The average Bonchev–Trinajstić information content (AvgIpc) is 2.72. The van der Waals surface area contributed by atoms with Crippen LogP contribution in [-0.2, 0) is 9.59 Å². The van der Waals surface area contributed by atoms with Gasteiger partial charge in [-0.25, -0.2) is 0 Å². The zero-order valence-electron chi connectivity index (χ0n) is 15.5. The van der Waals surface area contributed by atoms with E-state index in [4.69, 9.17) is 4.74 Å². The third-order valence-electron chi connectivity index (χ3n) is 5.34. The maximum absolute atomic E-state index is 12.6. The van der Waals surface area contributed by atoms with Gasteiger partial charge in [-0.3, -0.25) is 9.59 Å². The highest BCUT2D eigenvalue weighted by Crippen LogP contribution is 2.22. The fourth-order valence-electron chi connectivity index (χ4n) is 3.74. The predicted octanol–water partition coefficient (Wildman–Crippen LogP) is 2.96. The molecule has 5 heteroatoms. The Morgan fingerprint density at radius 1 is 1.04 bits per heavy atom. The van der Waals surface area contributed by atoms with E-state index >= 15 is 0 Å². The first-order chi connectivity index (χ1) is 12.7. The summed E-state index contributed by atoms with van der Waals surface area (Å²) in [7, 11) is 1.63. The van der Waals surface area contributed by atoms with Crippen LogP contribution in [-0.4, -0.2) is 54.9 Å². The lowest BCUT2D eigenvalue weighted by Crippen LogP contribution is -2.45. The Bertz CT molecular complexity index is 657. The lowest BCUT2D eigenvalue weighted by atomic mass is 9.94. The first-order valence-electron chi connectivity index (χ1n) is 9.57. The Labute approximate surface area is 155 Å². The molecule has 0 saturated carbocycles. The van der Waals surface area contributed by atoms with Crippen LogP contribution in [0.3, 0.4) is 0 Å². The van der Waals surface area contributed by atoms with Crippen LogP contribution in [0.1, 0.15) is 37.7 Å². The highest BCUT2D eigenvalue weighted by molar-refractivity contribution is 5.92. The summed E-state index contributed by atoms with van der Waals surface area (Å²) in [6.45, 7) is 3.12. The molecular formula is C21H28N2O3. The van der Waals surface area contributed by atoms with Crippen molar-refractivity contribution in [2.75, 3.05) is 33.3 Å². The minimum absolute atomic E-state index is 0.0108. The molecule has 3 rings (SSSR count). The molecule has 140 valence electrons. The van der Waals surface area contributed by atoms with Crippen molar-refractivity contribution in [2.24, 2.45) is 5.92 Å². The first kappa shape index (κ1) is 18.5. The second-order valence-corrected chi connectivity index (χ2v) is 7.10. The van der Waals surface area contributed by atoms with Gasteiger partial charge in [-0.2, -0.15) is 0 Å². The number of hydrogen-bond donors (Lipinski definition) is 0. The van der Waals surface area contributed by atoms with Gasteiger partial charge in [0, 0.05) is 38.2 Å². The van der Waals surface area contributed by atoms with Gasteiger partial charge >= 0.3 is 0 Å². The van der Waals surface area contributed by atoms with E-state index in [9.17, 15) is 9.59 Å². The molecule has 26 heavy (non-hydrogen) atoms. The van der Waals surface area contributed by atoms with Crippen LogP contribution in [0.5, 0.6) is 5.75 Å². The molecule has 1 aromatic rings. The van der Waals surface area contributed by atoms with E-state index in [1.165, 1.54) is 6.42 Å². The van der Waals surface area contributed by atoms with Crippen LogP contribution in [0.15, 0.2) is 30.3 Å². The normalized spacial score (nSPS) is 19.0. The summed E-state index contributed by atoms with van der Waals surface area (Å²) in [6, 6.07) is 7.62. The topological polar surface area (TPSA) is 49.9 Å². The average molecular weight is 356 g/mol. The summed E-state index contributed by atoms with van der Waals surface area (Å²) < 4.78 is 5.20. The van der Waals surface area contributed by atoms with E-state index in [0.717, 1.165) is 50.1 Å². The molecule has 0 radical (unpaired) electrons. The molecule has 2 aliphatic heterocycles. The second-order valence-electron chi connectivity index (χ2n) is 7.10. The number of hydrogen-bond acceptors (Lipinski definition) is 3. The molecule has 1 aromatic carbocycles. The molecule has 2 heterocycles. The van der Waals surface area contributed by atoms with Crippen molar-refractivity contribution in [3.05, 3.63) is 35.9 Å². The zero-order valence-corrected chi connectivity index (χ0v) is 15.5. The number of carbonyl (C=O) groups is 2. The minimum Gasteiger partial charge on any atom is -0.497 e. The van der Waals surface area contributed by atoms with E-state index in [1.54, 1.807) is 13.2 Å². The van der Waals surface area contributed by atoms with Crippen molar-refractivity contribution < 1.29 is 14.3 Å². The molecule has 0 unspecified atom stereocenters. The Balaban J connectivity index is 1.50. The standard InChI is InChI=1S/C21H28N2O3/c1-26-19-7-5-6-17(16-19)8-9-20(24)22-14-10-18(11-15-22)21(25)23-12-3-2-4-13-23/h5-9,16,18H,2-4,10-15H2,1H3/b9-8+. The van der Waals surface area contributed by atoms with Gasteiger partial charge in [-0.05, 0) is 55.9 Å². The molecule has 5 nitrogen and oxygen atoms in total. The quantitative estimate of drug-likeness (QED) is 0.780. The fourth-order valence-corrected chi connectivity index (χ4v) is 3.74. The third kappa shape index (κ3) is 4.65. The molecule has 2 fully saturated rings. The number of likely N-dealkylation sites (tertiary alicyclic amines) is 2. The van der Waals surface area contributed by atoms with E-state index < -0.39 is 0 Å². The minimum atomic E-state index is 0.0108. The van der Waals surface area contributed by atoms with Crippen LogP contribution >= 0.6 is 0 Å². The van der Waals surface area contributed by atoms with Crippen molar-refractivity contribution >= 4 is 17.9 Å². The van der Waals surface area contributed by atoms with Crippen LogP contribution in [0.4, 0.5) is 0 Å². The van der Waals surface area contributed by atoms with Gasteiger partial charge in [-0.15, -0.1) is 0 Å². The third-order valence-corrected chi connectivity index (χ3v) is 5.34. The molecule has 2 saturated heterocycles. The molecule has 0 atom stereocenters. The van der Waals surface area contributed by atoms with Gasteiger partial charge in [0.25, 0.3) is 0 Å². The number of piperidine rings is 2. The van der Waals surface area contributed by atoms with Crippen molar-refractivity contribution in [1.29, 1.82) is 0 Å². The van der Waals surface area contributed by atoms with E-state index in [1.807, 2.05) is 40.1 Å². The highest BCUT2D eigenvalue weighted by Gasteiger charge is 2.30. The van der Waals surface area contributed by atoms with Gasteiger partial charge in [0.15, 0.2) is 0 Å². The number of carbonyl (C=O) groups excluding carboxylic acids is 2. The van der Waals surface area contributed by atoms with Crippen molar-refractivity contribution in [3.8, 4) is 5.75 Å². The Morgan fingerprint density at radius 3 is 2.46 bits per heavy atom. The van der Waals surface area contributed by atoms with Gasteiger partial charge in [0.05, 0.1) is 7.11 Å². The van der Waals surface area contributed by atoms with E-state index in [0.29, 0.717) is 19.0 Å². The van der Waals surface area contributed by atoms with Crippen LogP contribution in [0, 0.1) is 5.92 Å². The van der Waals surface area contributed by atoms with Crippen molar-refractivity contribution in [1.82, 2.24) is 9.80 Å². The molecular weight excluding hydrogens is 328 g/mol. The smallest absolute Gasteiger partial charge is 0.246 e. The van der Waals surface area contributed by atoms with Crippen molar-refractivity contribution in [2.45, 2.75) is 32.1 Å². The van der Waals surface area contributed by atoms with E-state index in [-0.39, 0.29) is 11.8 Å². The maximum atomic E-state index is 12.6. The van der Waals surface area contributed by atoms with Crippen LogP contribution in [0.2, 0.25) is 0 Å². The number of ether oxygens (including phenoxy) is 1. The second kappa shape index (κ2) is 8.88. The number of nitrogens with zero attached hydrogens (tertiary/aromatic N) is 2. The monoisotopic (exact) mass is 356 g/mol. The number of amides is 2. The molecule has 0 aromatic heterocycles. The molecule has 0 aliphatic carbocycles. The van der Waals surface area contributed by atoms with E-state index in [2.05, 4.69) is 0 Å².